The molecule has 0 aliphatic heterocycles. The highest BCUT2D eigenvalue weighted by molar-refractivity contribution is 9.10. The summed E-state index contributed by atoms with van der Waals surface area (Å²) in [7, 11) is 0. The molecule has 0 radical (unpaired) electrons. The second kappa shape index (κ2) is 6.21. The van der Waals surface area contributed by atoms with Crippen molar-refractivity contribution in [1.29, 1.82) is 0 Å². The molecule has 1 N–H and O–H groups in total. The fourth-order valence-electron chi connectivity index (χ4n) is 1.67. The average molecular weight is 287 g/mol. The summed E-state index contributed by atoms with van der Waals surface area (Å²) in [5.74, 6) is 0.450. The Balaban J connectivity index is 2.77. The van der Waals surface area contributed by atoms with E-state index in [2.05, 4.69) is 35.1 Å². The lowest BCUT2D eigenvalue weighted by Gasteiger charge is -2.14. The molecule has 0 bridgehead atoms. The van der Waals surface area contributed by atoms with Crippen LogP contribution < -0.4 is 10.9 Å². The van der Waals surface area contributed by atoms with E-state index in [1.54, 1.807) is 4.57 Å². The van der Waals surface area contributed by atoms with Crippen molar-refractivity contribution in [1.82, 2.24) is 9.88 Å². The summed E-state index contributed by atoms with van der Waals surface area (Å²) in [4.78, 5) is 11.9. The Hall–Kier alpha value is -0.610. The molecule has 0 aliphatic carbocycles. The maximum atomic E-state index is 11.9. The summed E-state index contributed by atoms with van der Waals surface area (Å²) in [5, 5.41) is 3.29. The number of hydrogen-bond acceptors (Lipinski definition) is 2. The van der Waals surface area contributed by atoms with Gasteiger partial charge in [0.25, 0.3) is 5.56 Å². The summed E-state index contributed by atoms with van der Waals surface area (Å²) < 4.78 is 2.74. The molecule has 4 heteroatoms. The Morgan fingerprint density at radius 2 is 2.25 bits per heavy atom. The molecule has 0 amide bonds. The molecule has 1 heterocycles. The van der Waals surface area contributed by atoms with E-state index in [1.165, 1.54) is 0 Å². The smallest absolute Gasteiger partial charge is 0.253 e. The molecule has 0 saturated heterocycles. The van der Waals surface area contributed by atoms with Crippen LogP contribution in [0.2, 0.25) is 0 Å². The van der Waals surface area contributed by atoms with Crippen LogP contribution in [0.3, 0.4) is 0 Å². The zero-order valence-corrected chi connectivity index (χ0v) is 11.7. The number of nitrogens with one attached hydrogen (secondary N) is 1. The highest BCUT2D eigenvalue weighted by Gasteiger charge is 2.06. The standard InChI is InChI=1S/C12H19BrN2O/c1-4-14-6-9(2)7-15-8-11(13)5-10(3)12(15)16/h5,8-9,14H,4,6-7H2,1-3H3. The molecule has 3 nitrogen and oxygen atoms in total. The van der Waals surface area contributed by atoms with E-state index in [4.69, 9.17) is 0 Å². The fraction of sp³-hybridized carbons (Fsp3) is 0.583. The summed E-state index contributed by atoms with van der Waals surface area (Å²) >= 11 is 3.41. The normalized spacial score (nSPS) is 12.8. The fourth-order valence-corrected chi connectivity index (χ4v) is 2.26. The van der Waals surface area contributed by atoms with Crippen molar-refractivity contribution in [2.24, 2.45) is 5.92 Å². The summed E-state index contributed by atoms with van der Waals surface area (Å²) in [5.41, 5.74) is 0.886. The Labute approximate surface area is 105 Å². The van der Waals surface area contributed by atoms with Gasteiger partial charge in [-0.1, -0.05) is 13.8 Å². The predicted octanol–water partition coefficient (Wildman–Crippen LogP) is 2.16. The van der Waals surface area contributed by atoms with Crippen LogP contribution in [0.4, 0.5) is 0 Å². The highest BCUT2D eigenvalue weighted by atomic mass is 79.9. The van der Waals surface area contributed by atoms with Gasteiger partial charge >= 0.3 is 0 Å². The largest absolute Gasteiger partial charge is 0.317 e. The summed E-state index contributed by atoms with van der Waals surface area (Å²) in [6.45, 7) is 8.74. The average Bonchev–Trinajstić information content (AvgIpc) is 2.22. The van der Waals surface area contributed by atoms with E-state index in [0.29, 0.717) is 5.92 Å². The molecular weight excluding hydrogens is 268 g/mol. The number of pyridine rings is 1. The van der Waals surface area contributed by atoms with E-state index < -0.39 is 0 Å². The van der Waals surface area contributed by atoms with Crippen LogP contribution in [-0.4, -0.2) is 17.7 Å². The highest BCUT2D eigenvalue weighted by Crippen LogP contribution is 2.09. The van der Waals surface area contributed by atoms with Crippen molar-refractivity contribution in [3.05, 3.63) is 32.7 Å². The van der Waals surface area contributed by atoms with Gasteiger partial charge in [0.1, 0.15) is 0 Å². The molecule has 0 aromatic carbocycles. The van der Waals surface area contributed by atoms with Crippen molar-refractivity contribution in [3.63, 3.8) is 0 Å². The predicted molar refractivity (Wildman–Crippen MR) is 70.8 cm³/mol. The van der Waals surface area contributed by atoms with Crippen LogP contribution in [0.1, 0.15) is 19.4 Å². The molecule has 1 aromatic heterocycles. The molecule has 1 aromatic rings. The molecule has 1 atom stereocenters. The van der Waals surface area contributed by atoms with Crippen LogP contribution in [0.5, 0.6) is 0 Å². The quantitative estimate of drug-likeness (QED) is 0.900. The number of aromatic nitrogens is 1. The molecule has 0 saturated carbocycles. The minimum atomic E-state index is 0.103. The van der Waals surface area contributed by atoms with Gasteiger partial charge in [-0.3, -0.25) is 4.79 Å². The maximum Gasteiger partial charge on any atom is 0.253 e. The van der Waals surface area contributed by atoms with Crippen LogP contribution in [0.25, 0.3) is 0 Å². The topological polar surface area (TPSA) is 34.0 Å². The molecule has 0 fully saturated rings. The minimum Gasteiger partial charge on any atom is -0.317 e. The van der Waals surface area contributed by atoms with Gasteiger partial charge in [-0.25, -0.2) is 0 Å². The van der Waals surface area contributed by atoms with Gasteiger partial charge in [0.2, 0.25) is 0 Å². The first-order valence-corrected chi connectivity index (χ1v) is 6.41. The van der Waals surface area contributed by atoms with E-state index in [9.17, 15) is 4.79 Å². The zero-order valence-electron chi connectivity index (χ0n) is 10.1. The Bertz CT molecular complexity index is 400. The lowest BCUT2D eigenvalue weighted by molar-refractivity contribution is 0.443. The number of aryl methyl sites for hydroxylation is 1. The number of halogens is 1. The second-order valence-electron chi connectivity index (χ2n) is 4.21. The maximum absolute atomic E-state index is 11.9. The molecule has 0 spiro atoms. The Morgan fingerprint density at radius 1 is 1.56 bits per heavy atom. The minimum absolute atomic E-state index is 0.103. The van der Waals surface area contributed by atoms with Crippen LogP contribution >= 0.6 is 15.9 Å². The number of hydrogen-bond donors (Lipinski definition) is 1. The van der Waals surface area contributed by atoms with Crippen molar-refractivity contribution in [2.45, 2.75) is 27.3 Å². The van der Waals surface area contributed by atoms with E-state index in [0.717, 1.165) is 29.7 Å². The second-order valence-corrected chi connectivity index (χ2v) is 5.13. The first kappa shape index (κ1) is 13.5. The Kier molecular flexibility index (Phi) is 5.22. The lowest BCUT2D eigenvalue weighted by atomic mass is 10.1. The van der Waals surface area contributed by atoms with Crippen molar-refractivity contribution < 1.29 is 0 Å². The van der Waals surface area contributed by atoms with Gasteiger partial charge in [-0.05, 0) is 47.9 Å². The van der Waals surface area contributed by atoms with Gasteiger partial charge < -0.3 is 9.88 Å². The summed E-state index contributed by atoms with van der Waals surface area (Å²) in [6, 6.07) is 1.85. The van der Waals surface area contributed by atoms with Crippen molar-refractivity contribution in [2.75, 3.05) is 13.1 Å². The van der Waals surface area contributed by atoms with Crippen molar-refractivity contribution in [3.8, 4) is 0 Å². The third-order valence-electron chi connectivity index (χ3n) is 2.48. The van der Waals surface area contributed by atoms with E-state index in [-0.39, 0.29) is 5.56 Å². The van der Waals surface area contributed by atoms with Crippen LogP contribution in [-0.2, 0) is 6.54 Å². The zero-order chi connectivity index (χ0) is 12.1. The van der Waals surface area contributed by atoms with Crippen LogP contribution in [0, 0.1) is 12.8 Å². The first-order valence-electron chi connectivity index (χ1n) is 5.62. The van der Waals surface area contributed by atoms with Gasteiger partial charge in [0, 0.05) is 22.8 Å². The third-order valence-corrected chi connectivity index (χ3v) is 2.92. The molecule has 1 rings (SSSR count). The molecular formula is C12H19BrN2O. The van der Waals surface area contributed by atoms with Crippen LogP contribution in [0.15, 0.2) is 21.5 Å². The van der Waals surface area contributed by atoms with Gasteiger partial charge in [0.15, 0.2) is 0 Å². The SMILES string of the molecule is CCNCC(C)Cn1cc(Br)cc(C)c1=O. The number of rotatable bonds is 5. The molecule has 16 heavy (non-hydrogen) atoms. The van der Waals surface area contributed by atoms with Gasteiger partial charge in [-0.15, -0.1) is 0 Å². The number of nitrogens with zero attached hydrogens (tertiary/aromatic N) is 1. The van der Waals surface area contributed by atoms with E-state index >= 15 is 0 Å². The third kappa shape index (κ3) is 3.76. The van der Waals surface area contributed by atoms with Gasteiger partial charge in [0.05, 0.1) is 0 Å². The molecule has 90 valence electrons. The Morgan fingerprint density at radius 3 is 2.88 bits per heavy atom. The van der Waals surface area contributed by atoms with Gasteiger partial charge in [-0.2, -0.15) is 0 Å². The summed E-state index contributed by atoms with van der Waals surface area (Å²) in [6.07, 6.45) is 1.86. The monoisotopic (exact) mass is 286 g/mol. The van der Waals surface area contributed by atoms with Crippen molar-refractivity contribution >= 4 is 15.9 Å². The lowest BCUT2D eigenvalue weighted by Crippen LogP contribution is -2.29. The first-order chi connectivity index (χ1) is 7.54. The molecule has 1 unspecified atom stereocenters. The molecule has 0 aliphatic rings. The van der Waals surface area contributed by atoms with E-state index in [1.807, 2.05) is 19.2 Å².